The predicted molar refractivity (Wildman–Crippen MR) is 116 cm³/mol. The van der Waals surface area contributed by atoms with Crippen molar-refractivity contribution in [1.29, 1.82) is 0 Å². The molecule has 166 valence electrons. The van der Waals surface area contributed by atoms with E-state index in [4.69, 9.17) is 17.3 Å². The fraction of sp³-hybridized carbons (Fsp3) is 0.273. The van der Waals surface area contributed by atoms with E-state index >= 15 is 0 Å². The number of carbonyl (C=O) groups excluding carboxylic acids is 3. The number of halogens is 2. The summed E-state index contributed by atoms with van der Waals surface area (Å²) >= 11 is 5.78. The monoisotopic (exact) mass is 457 g/mol. The molecule has 0 radical (unpaired) electrons. The molecule has 1 aromatic heterocycles. The van der Waals surface area contributed by atoms with Gasteiger partial charge < -0.3 is 16.4 Å². The van der Waals surface area contributed by atoms with Gasteiger partial charge in [0.05, 0.1) is 10.5 Å². The van der Waals surface area contributed by atoms with E-state index in [1.54, 1.807) is 30.3 Å². The lowest BCUT2D eigenvalue weighted by atomic mass is 10.1. The third kappa shape index (κ3) is 4.57. The van der Waals surface area contributed by atoms with Crippen LogP contribution in [0.4, 0.5) is 4.39 Å². The fourth-order valence-electron chi connectivity index (χ4n) is 3.59. The maximum absolute atomic E-state index is 14.1. The van der Waals surface area contributed by atoms with Crippen LogP contribution in [0.2, 0.25) is 5.02 Å². The van der Waals surface area contributed by atoms with Crippen LogP contribution in [0.25, 0.3) is 10.9 Å². The number of carbonyl (C=O) groups is 3. The molecule has 4 rings (SSSR count). The van der Waals surface area contributed by atoms with Gasteiger partial charge in [-0.2, -0.15) is 5.10 Å². The molecule has 1 aliphatic carbocycles. The van der Waals surface area contributed by atoms with Gasteiger partial charge >= 0.3 is 0 Å². The Kier molecular flexibility index (Phi) is 6.09. The smallest absolute Gasteiger partial charge is 0.269 e. The molecule has 1 atom stereocenters. The van der Waals surface area contributed by atoms with E-state index in [2.05, 4.69) is 15.7 Å². The van der Waals surface area contributed by atoms with E-state index in [1.165, 1.54) is 16.8 Å². The topological polar surface area (TPSA) is 119 Å². The Bertz CT molecular complexity index is 1210. The minimum Gasteiger partial charge on any atom is -0.364 e. The average molecular weight is 458 g/mol. The number of fused-ring (bicyclic) bond motifs is 1. The Morgan fingerprint density at radius 1 is 1.19 bits per heavy atom. The molecule has 1 unspecified atom stereocenters. The van der Waals surface area contributed by atoms with Crippen LogP contribution in [-0.4, -0.2) is 33.5 Å². The molecule has 0 saturated heterocycles. The van der Waals surface area contributed by atoms with Crippen molar-refractivity contribution in [2.24, 2.45) is 11.7 Å². The molecule has 1 heterocycles. The molecule has 1 fully saturated rings. The van der Waals surface area contributed by atoms with Crippen LogP contribution >= 0.6 is 11.6 Å². The molecule has 1 saturated carbocycles. The van der Waals surface area contributed by atoms with Crippen molar-refractivity contribution in [3.63, 3.8) is 0 Å². The van der Waals surface area contributed by atoms with Crippen LogP contribution in [0.1, 0.15) is 28.9 Å². The highest BCUT2D eigenvalue weighted by molar-refractivity contribution is 6.30. The summed E-state index contributed by atoms with van der Waals surface area (Å²) < 4.78 is 15.5. The first-order valence-corrected chi connectivity index (χ1v) is 10.5. The highest BCUT2D eigenvalue weighted by Crippen LogP contribution is 2.33. The Morgan fingerprint density at radius 2 is 1.94 bits per heavy atom. The average Bonchev–Trinajstić information content (AvgIpc) is 3.55. The van der Waals surface area contributed by atoms with Crippen LogP contribution < -0.4 is 16.4 Å². The number of rotatable bonds is 8. The number of primary amides is 1. The van der Waals surface area contributed by atoms with Gasteiger partial charge in [-0.3, -0.25) is 19.1 Å². The number of aromatic nitrogens is 2. The van der Waals surface area contributed by atoms with Gasteiger partial charge in [-0.05, 0) is 30.9 Å². The number of hydrogen-bond donors (Lipinski definition) is 3. The molecule has 3 amide bonds. The zero-order valence-electron chi connectivity index (χ0n) is 17.0. The molecule has 32 heavy (non-hydrogen) atoms. The molecule has 0 spiro atoms. The van der Waals surface area contributed by atoms with Gasteiger partial charge in [0.15, 0.2) is 5.69 Å². The molecule has 2 aromatic carbocycles. The summed E-state index contributed by atoms with van der Waals surface area (Å²) in [6, 6.07) is 10.8. The lowest BCUT2D eigenvalue weighted by molar-refractivity contribution is -0.130. The van der Waals surface area contributed by atoms with E-state index in [-0.39, 0.29) is 35.3 Å². The number of amides is 3. The summed E-state index contributed by atoms with van der Waals surface area (Å²) in [5.74, 6) is -2.10. The van der Waals surface area contributed by atoms with Crippen molar-refractivity contribution in [2.75, 3.05) is 0 Å². The SMILES string of the molecule is NC(=O)c1nn(CC(=O)NC(C(=O)NCc2cccc(Cl)c2F)C2CC2)c2ccccc12. The quantitative estimate of drug-likeness (QED) is 0.480. The summed E-state index contributed by atoms with van der Waals surface area (Å²) in [7, 11) is 0. The number of nitrogens with one attached hydrogen (secondary N) is 2. The van der Waals surface area contributed by atoms with E-state index in [1.807, 2.05) is 0 Å². The number of hydrogen-bond acceptors (Lipinski definition) is 4. The highest BCUT2D eigenvalue weighted by atomic mass is 35.5. The van der Waals surface area contributed by atoms with Gasteiger partial charge in [-0.1, -0.05) is 41.9 Å². The van der Waals surface area contributed by atoms with Crippen LogP contribution in [-0.2, 0) is 22.7 Å². The summed E-state index contributed by atoms with van der Waals surface area (Å²) in [5, 5.41) is 10.1. The molecule has 0 aliphatic heterocycles. The second-order valence-corrected chi connectivity index (χ2v) is 8.11. The molecule has 4 N–H and O–H groups in total. The molecule has 1 aliphatic rings. The number of para-hydroxylation sites is 1. The van der Waals surface area contributed by atoms with Crippen molar-refractivity contribution in [3.05, 3.63) is 64.6 Å². The van der Waals surface area contributed by atoms with Crippen LogP contribution in [0, 0.1) is 11.7 Å². The van der Waals surface area contributed by atoms with Crippen molar-refractivity contribution in [2.45, 2.75) is 32.0 Å². The predicted octanol–water partition coefficient (Wildman–Crippen LogP) is 2.14. The first kappa shape index (κ1) is 21.8. The zero-order valence-corrected chi connectivity index (χ0v) is 17.7. The van der Waals surface area contributed by atoms with Gasteiger partial charge in [0.2, 0.25) is 11.8 Å². The van der Waals surface area contributed by atoms with E-state index in [9.17, 15) is 18.8 Å². The normalized spacial score (nSPS) is 14.2. The third-order valence-electron chi connectivity index (χ3n) is 5.36. The Labute approximate surface area is 187 Å². The Morgan fingerprint density at radius 3 is 2.66 bits per heavy atom. The van der Waals surface area contributed by atoms with Gasteiger partial charge in [-0.15, -0.1) is 0 Å². The van der Waals surface area contributed by atoms with Crippen molar-refractivity contribution in [3.8, 4) is 0 Å². The zero-order chi connectivity index (χ0) is 22.8. The summed E-state index contributed by atoms with van der Waals surface area (Å²) in [6.07, 6.45) is 1.61. The van der Waals surface area contributed by atoms with E-state index in [0.29, 0.717) is 10.9 Å². The minimum absolute atomic E-state index is 0.0127. The maximum Gasteiger partial charge on any atom is 0.269 e. The summed E-state index contributed by atoms with van der Waals surface area (Å²) in [6.45, 7) is -0.233. The van der Waals surface area contributed by atoms with E-state index in [0.717, 1.165) is 12.8 Å². The first-order valence-electron chi connectivity index (χ1n) is 10.1. The molecule has 0 bridgehead atoms. The largest absolute Gasteiger partial charge is 0.364 e. The number of benzene rings is 2. The number of nitrogens with zero attached hydrogens (tertiary/aromatic N) is 2. The highest BCUT2D eigenvalue weighted by Gasteiger charge is 2.37. The molecule has 3 aromatic rings. The molecule has 10 heteroatoms. The van der Waals surface area contributed by atoms with E-state index < -0.39 is 29.6 Å². The van der Waals surface area contributed by atoms with Crippen molar-refractivity contribution >= 4 is 40.2 Å². The second kappa shape index (κ2) is 8.96. The maximum atomic E-state index is 14.1. The van der Waals surface area contributed by atoms with Crippen molar-refractivity contribution in [1.82, 2.24) is 20.4 Å². The van der Waals surface area contributed by atoms with Gasteiger partial charge in [0.1, 0.15) is 18.4 Å². The summed E-state index contributed by atoms with van der Waals surface area (Å²) in [4.78, 5) is 37.1. The molecular weight excluding hydrogens is 437 g/mol. The lowest BCUT2D eigenvalue weighted by Crippen LogP contribution is -2.48. The molecule has 8 nitrogen and oxygen atoms in total. The fourth-order valence-corrected chi connectivity index (χ4v) is 3.78. The second-order valence-electron chi connectivity index (χ2n) is 7.70. The summed E-state index contributed by atoms with van der Waals surface area (Å²) in [5.41, 5.74) is 6.31. The third-order valence-corrected chi connectivity index (χ3v) is 5.65. The van der Waals surface area contributed by atoms with Crippen LogP contribution in [0.3, 0.4) is 0 Å². The number of nitrogens with two attached hydrogens (primary N) is 1. The van der Waals surface area contributed by atoms with Crippen LogP contribution in [0.15, 0.2) is 42.5 Å². The lowest BCUT2D eigenvalue weighted by Gasteiger charge is -2.18. The minimum atomic E-state index is -0.748. The van der Waals surface area contributed by atoms with Crippen LogP contribution in [0.5, 0.6) is 0 Å². The van der Waals surface area contributed by atoms with Gasteiger partial charge in [0.25, 0.3) is 5.91 Å². The first-order chi connectivity index (χ1) is 15.3. The van der Waals surface area contributed by atoms with Crippen molar-refractivity contribution < 1.29 is 18.8 Å². The standard InChI is InChI=1S/C22H21ClFN5O3/c23-15-6-3-4-13(18(15)24)10-26-22(32)19(12-8-9-12)27-17(30)11-29-16-7-2-1-5-14(16)20(28-29)21(25)31/h1-7,12,19H,8-11H2,(H2,25,31)(H,26,32)(H,27,30). The van der Waals surface area contributed by atoms with Gasteiger partial charge in [-0.25, -0.2) is 4.39 Å². The Balaban J connectivity index is 1.44. The Hall–Kier alpha value is -3.46. The molecular formula is C22H21ClFN5O3. The van der Waals surface area contributed by atoms with Gasteiger partial charge in [0, 0.05) is 17.5 Å².